The van der Waals surface area contributed by atoms with Gasteiger partial charge in [0.05, 0.1) is 0 Å². The lowest BCUT2D eigenvalue weighted by Crippen LogP contribution is -2.32. The van der Waals surface area contributed by atoms with Gasteiger partial charge < -0.3 is 10.6 Å². The first kappa shape index (κ1) is 14.5. The molecule has 1 fully saturated rings. The normalized spacial score (nSPS) is 15.1. The molecule has 2 N–H and O–H groups in total. The van der Waals surface area contributed by atoms with Crippen LogP contribution >= 0.6 is 0 Å². The highest BCUT2D eigenvalue weighted by Gasteiger charge is 2.22. The zero-order valence-electron chi connectivity index (χ0n) is 11.3. The summed E-state index contributed by atoms with van der Waals surface area (Å²) in [7, 11) is 0. The Morgan fingerprint density at radius 3 is 2.70 bits per heavy atom. The molecule has 5 heteroatoms. The van der Waals surface area contributed by atoms with Crippen LogP contribution < -0.4 is 10.6 Å². The molecular weight excluding hydrogens is 259 g/mol. The van der Waals surface area contributed by atoms with Gasteiger partial charge in [-0.25, -0.2) is 4.39 Å². The third-order valence-electron chi connectivity index (χ3n) is 3.49. The number of rotatable bonds is 5. The third-order valence-corrected chi connectivity index (χ3v) is 3.49. The van der Waals surface area contributed by atoms with Crippen molar-refractivity contribution in [3.63, 3.8) is 0 Å². The summed E-state index contributed by atoms with van der Waals surface area (Å²) in [6.45, 7) is 0.316. The van der Waals surface area contributed by atoms with Crippen LogP contribution in [0.4, 0.5) is 10.1 Å². The monoisotopic (exact) mass is 278 g/mol. The fourth-order valence-corrected chi connectivity index (χ4v) is 2.42. The molecular formula is C15H19FN2O2. The molecule has 0 atom stereocenters. The van der Waals surface area contributed by atoms with Crippen LogP contribution in [-0.2, 0) is 9.59 Å². The lowest BCUT2D eigenvalue weighted by Gasteiger charge is -2.10. The zero-order valence-corrected chi connectivity index (χ0v) is 11.3. The summed E-state index contributed by atoms with van der Waals surface area (Å²) in [6, 6.07) is 5.73. The molecule has 0 aliphatic heterocycles. The van der Waals surface area contributed by atoms with Crippen LogP contribution in [0.15, 0.2) is 24.3 Å². The van der Waals surface area contributed by atoms with Gasteiger partial charge >= 0.3 is 0 Å². The second-order valence-corrected chi connectivity index (χ2v) is 5.08. The lowest BCUT2D eigenvalue weighted by atomic mass is 10.1. The highest BCUT2D eigenvalue weighted by Crippen LogP contribution is 2.24. The van der Waals surface area contributed by atoms with Crippen molar-refractivity contribution in [2.24, 2.45) is 5.92 Å². The molecule has 1 aromatic rings. The maximum atomic E-state index is 12.9. The third kappa shape index (κ3) is 4.33. The van der Waals surface area contributed by atoms with Crippen LogP contribution in [0.5, 0.6) is 0 Å². The van der Waals surface area contributed by atoms with Gasteiger partial charge in [-0.15, -0.1) is 0 Å². The number of carbonyl (C=O) groups excluding carboxylic acids is 2. The molecule has 1 aliphatic rings. The van der Waals surface area contributed by atoms with Crippen LogP contribution in [0.1, 0.15) is 32.1 Å². The minimum absolute atomic E-state index is 0.0426. The van der Waals surface area contributed by atoms with Crippen molar-refractivity contribution < 1.29 is 14.0 Å². The number of nitrogens with one attached hydrogen (secondary N) is 2. The van der Waals surface area contributed by atoms with Gasteiger partial charge in [-0.1, -0.05) is 18.9 Å². The fraction of sp³-hybridized carbons (Fsp3) is 0.467. The lowest BCUT2D eigenvalue weighted by molar-refractivity contribution is -0.124. The van der Waals surface area contributed by atoms with Crippen LogP contribution in [0, 0.1) is 11.7 Å². The average molecular weight is 278 g/mol. The Morgan fingerprint density at radius 2 is 2.00 bits per heavy atom. The predicted octanol–water partition coefficient (Wildman–Crippen LogP) is 2.46. The first-order valence-corrected chi connectivity index (χ1v) is 6.98. The van der Waals surface area contributed by atoms with E-state index in [0.717, 1.165) is 25.7 Å². The predicted molar refractivity (Wildman–Crippen MR) is 74.6 cm³/mol. The van der Waals surface area contributed by atoms with E-state index in [4.69, 9.17) is 0 Å². The number of hydrogen-bond donors (Lipinski definition) is 2. The molecule has 1 aliphatic carbocycles. The van der Waals surface area contributed by atoms with Crippen molar-refractivity contribution in [2.75, 3.05) is 11.9 Å². The van der Waals surface area contributed by atoms with E-state index in [-0.39, 0.29) is 24.2 Å². The summed E-state index contributed by atoms with van der Waals surface area (Å²) in [5.74, 6) is -0.470. The topological polar surface area (TPSA) is 58.2 Å². The summed E-state index contributed by atoms with van der Waals surface area (Å²) in [5, 5.41) is 5.37. The molecule has 4 nitrogen and oxygen atoms in total. The Balaban J connectivity index is 1.68. The van der Waals surface area contributed by atoms with Gasteiger partial charge in [0.1, 0.15) is 5.82 Å². The molecule has 108 valence electrons. The van der Waals surface area contributed by atoms with E-state index < -0.39 is 5.82 Å². The SMILES string of the molecule is O=C(CCNC(=O)C1CCCC1)Nc1cccc(F)c1. The Hall–Kier alpha value is -1.91. The minimum Gasteiger partial charge on any atom is -0.355 e. The molecule has 0 bridgehead atoms. The second-order valence-electron chi connectivity index (χ2n) is 5.08. The minimum atomic E-state index is -0.391. The Labute approximate surface area is 117 Å². The van der Waals surface area contributed by atoms with Gasteiger partial charge in [-0.05, 0) is 31.0 Å². The first-order valence-electron chi connectivity index (χ1n) is 6.98. The largest absolute Gasteiger partial charge is 0.355 e. The second kappa shape index (κ2) is 7.03. The summed E-state index contributed by atoms with van der Waals surface area (Å²) in [6.07, 6.45) is 4.30. The first-order chi connectivity index (χ1) is 9.65. The Bertz CT molecular complexity index is 485. The molecule has 1 aromatic carbocycles. The number of hydrogen-bond acceptors (Lipinski definition) is 2. The van der Waals surface area contributed by atoms with Crippen LogP contribution in [0.2, 0.25) is 0 Å². The summed E-state index contributed by atoms with van der Waals surface area (Å²) in [4.78, 5) is 23.4. The average Bonchev–Trinajstić information content (AvgIpc) is 2.92. The van der Waals surface area contributed by atoms with E-state index in [2.05, 4.69) is 10.6 Å². The van der Waals surface area contributed by atoms with Gasteiger partial charge in [0.15, 0.2) is 0 Å². The molecule has 0 saturated heterocycles. The van der Waals surface area contributed by atoms with Gasteiger partial charge in [-0.3, -0.25) is 9.59 Å². The zero-order chi connectivity index (χ0) is 14.4. The highest BCUT2D eigenvalue weighted by atomic mass is 19.1. The van der Waals surface area contributed by atoms with Crippen molar-refractivity contribution in [3.8, 4) is 0 Å². The van der Waals surface area contributed by atoms with Gasteiger partial charge in [0.25, 0.3) is 0 Å². The van der Waals surface area contributed by atoms with Crippen molar-refractivity contribution in [1.29, 1.82) is 0 Å². The van der Waals surface area contributed by atoms with E-state index in [9.17, 15) is 14.0 Å². The quantitative estimate of drug-likeness (QED) is 0.869. The maximum Gasteiger partial charge on any atom is 0.226 e. The molecule has 0 unspecified atom stereocenters. The Kier molecular flexibility index (Phi) is 5.09. The van der Waals surface area contributed by atoms with Crippen molar-refractivity contribution in [2.45, 2.75) is 32.1 Å². The van der Waals surface area contributed by atoms with Crippen LogP contribution in [0.25, 0.3) is 0 Å². The van der Waals surface area contributed by atoms with E-state index in [1.54, 1.807) is 6.07 Å². The van der Waals surface area contributed by atoms with E-state index in [0.29, 0.717) is 12.2 Å². The van der Waals surface area contributed by atoms with Gasteiger partial charge in [0, 0.05) is 24.6 Å². The summed E-state index contributed by atoms with van der Waals surface area (Å²) >= 11 is 0. The fourth-order valence-electron chi connectivity index (χ4n) is 2.42. The molecule has 0 heterocycles. The van der Waals surface area contributed by atoms with Crippen molar-refractivity contribution in [3.05, 3.63) is 30.1 Å². The molecule has 0 spiro atoms. The maximum absolute atomic E-state index is 12.9. The molecule has 2 rings (SSSR count). The van der Waals surface area contributed by atoms with Gasteiger partial charge in [0.2, 0.25) is 11.8 Å². The summed E-state index contributed by atoms with van der Waals surface area (Å²) < 4.78 is 12.9. The van der Waals surface area contributed by atoms with E-state index >= 15 is 0 Å². The summed E-state index contributed by atoms with van der Waals surface area (Å²) in [5.41, 5.74) is 0.428. The number of amides is 2. The smallest absolute Gasteiger partial charge is 0.226 e. The molecule has 2 amide bonds. The molecule has 0 radical (unpaired) electrons. The standard InChI is InChI=1S/C15H19FN2O2/c16-12-6-3-7-13(10-12)18-14(19)8-9-17-15(20)11-4-1-2-5-11/h3,6-7,10-11H,1-2,4-5,8-9H2,(H,17,20)(H,18,19). The molecule has 1 saturated carbocycles. The number of anilines is 1. The van der Waals surface area contributed by atoms with E-state index in [1.807, 2.05) is 0 Å². The number of benzene rings is 1. The number of halogens is 1. The van der Waals surface area contributed by atoms with Crippen LogP contribution in [-0.4, -0.2) is 18.4 Å². The van der Waals surface area contributed by atoms with Crippen LogP contribution in [0.3, 0.4) is 0 Å². The van der Waals surface area contributed by atoms with Crippen molar-refractivity contribution in [1.82, 2.24) is 5.32 Å². The van der Waals surface area contributed by atoms with Crippen molar-refractivity contribution >= 4 is 17.5 Å². The van der Waals surface area contributed by atoms with Gasteiger partial charge in [-0.2, -0.15) is 0 Å². The van der Waals surface area contributed by atoms with E-state index in [1.165, 1.54) is 18.2 Å². The highest BCUT2D eigenvalue weighted by molar-refractivity contribution is 5.91. The Morgan fingerprint density at radius 1 is 1.25 bits per heavy atom. The molecule has 0 aromatic heterocycles. The number of carbonyl (C=O) groups is 2. The molecule has 20 heavy (non-hydrogen) atoms.